The Morgan fingerprint density at radius 1 is 0.969 bits per heavy atom. The molecule has 0 saturated heterocycles. The highest BCUT2D eigenvalue weighted by molar-refractivity contribution is 7.92. The van der Waals surface area contributed by atoms with Gasteiger partial charge < -0.3 is 10.1 Å². The number of ether oxygens (including phenoxy) is 1. The molecule has 0 heterocycles. The molecule has 0 unspecified atom stereocenters. The predicted molar refractivity (Wildman–Crippen MR) is 117 cm³/mol. The average Bonchev–Trinajstić information content (AvgIpc) is 2.74. The molecule has 0 fully saturated rings. The number of alkyl halides is 2. The number of rotatable bonds is 8. The first-order chi connectivity index (χ1) is 15.2. The van der Waals surface area contributed by atoms with Gasteiger partial charge in [0, 0.05) is 23.4 Å². The Morgan fingerprint density at radius 2 is 1.66 bits per heavy atom. The van der Waals surface area contributed by atoms with Gasteiger partial charge in [-0.25, -0.2) is 8.42 Å². The van der Waals surface area contributed by atoms with Crippen LogP contribution in [-0.4, -0.2) is 20.9 Å². The van der Waals surface area contributed by atoms with Crippen LogP contribution in [0.5, 0.6) is 5.75 Å². The van der Waals surface area contributed by atoms with Crippen LogP contribution in [0, 0.1) is 13.8 Å². The summed E-state index contributed by atoms with van der Waals surface area (Å²) in [5.74, 6) is -0.459. The summed E-state index contributed by atoms with van der Waals surface area (Å²) in [6, 6.07) is 16.9. The van der Waals surface area contributed by atoms with E-state index in [1.807, 2.05) is 13.8 Å². The van der Waals surface area contributed by atoms with Gasteiger partial charge in [0.05, 0.1) is 4.90 Å². The fourth-order valence-corrected chi connectivity index (χ4v) is 4.07. The van der Waals surface area contributed by atoms with Gasteiger partial charge >= 0.3 is 6.61 Å². The van der Waals surface area contributed by atoms with Crippen LogP contribution in [0.4, 0.5) is 14.5 Å². The van der Waals surface area contributed by atoms with Gasteiger partial charge in [-0.2, -0.15) is 8.78 Å². The Balaban J connectivity index is 1.65. The molecule has 0 atom stereocenters. The van der Waals surface area contributed by atoms with Crippen molar-refractivity contribution in [3.8, 4) is 5.75 Å². The number of halogens is 2. The molecule has 32 heavy (non-hydrogen) atoms. The minimum absolute atomic E-state index is 0.0110. The molecular formula is C23H22F2N2O4S. The Labute approximate surface area is 185 Å². The van der Waals surface area contributed by atoms with Gasteiger partial charge in [0.1, 0.15) is 5.75 Å². The summed E-state index contributed by atoms with van der Waals surface area (Å²) in [7, 11) is -3.77. The summed E-state index contributed by atoms with van der Waals surface area (Å²) < 4.78 is 57.1. The van der Waals surface area contributed by atoms with Crippen LogP contribution in [0.1, 0.15) is 27.0 Å². The van der Waals surface area contributed by atoms with Crippen molar-refractivity contribution in [3.63, 3.8) is 0 Å². The van der Waals surface area contributed by atoms with E-state index in [4.69, 9.17) is 0 Å². The second kappa shape index (κ2) is 9.78. The zero-order valence-corrected chi connectivity index (χ0v) is 18.2. The Bertz CT molecular complexity index is 1210. The molecule has 168 valence electrons. The standard InChI is InChI=1S/C23H22F2N2O4S/c1-15-7-12-20(13-16(15)2)32(29,30)27-19-10-8-17(9-11-19)22(28)26-14-18-5-3-4-6-21(18)31-23(24)25/h3-13,23,27H,14H2,1-2H3,(H,26,28). The van der Waals surface area contributed by atoms with Crippen molar-refractivity contribution in [1.29, 1.82) is 0 Å². The van der Waals surface area contributed by atoms with Crippen LogP contribution in [0.2, 0.25) is 0 Å². The van der Waals surface area contributed by atoms with Crippen molar-refractivity contribution in [2.24, 2.45) is 0 Å². The van der Waals surface area contributed by atoms with E-state index in [9.17, 15) is 22.0 Å². The van der Waals surface area contributed by atoms with Gasteiger partial charge in [0.25, 0.3) is 15.9 Å². The normalized spacial score (nSPS) is 11.3. The number of sulfonamides is 1. The number of anilines is 1. The molecule has 0 saturated carbocycles. The lowest BCUT2D eigenvalue weighted by Crippen LogP contribution is -2.23. The first kappa shape index (κ1) is 23.2. The van der Waals surface area contributed by atoms with Crippen LogP contribution >= 0.6 is 0 Å². The van der Waals surface area contributed by atoms with E-state index in [1.165, 1.54) is 36.4 Å². The number of benzene rings is 3. The number of hydrogen-bond acceptors (Lipinski definition) is 4. The summed E-state index contributed by atoms with van der Waals surface area (Å²) in [5.41, 5.74) is 2.84. The molecule has 2 N–H and O–H groups in total. The zero-order valence-electron chi connectivity index (χ0n) is 17.4. The molecule has 0 aliphatic carbocycles. The topological polar surface area (TPSA) is 84.5 Å². The van der Waals surface area contributed by atoms with E-state index in [0.717, 1.165) is 11.1 Å². The molecule has 0 spiro atoms. The van der Waals surface area contributed by atoms with Crippen molar-refractivity contribution >= 4 is 21.6 Å². The number of carbonyl (C=O) groups is 1. The van der Waals surface area contributed by atoms with Crippen molar-refractivity contribution in [2.75, 3.05) is 4.72 Å². The van der Waals surface area contributed by atoms with Gasteiger partial charge in [-0.15, -0.1) is 0 Å². The SMILES string of the molecule is Cc1ccc(S(=O)(=O)Nc2ccc(C(=O)NCc3ccccc3OC(F)F)cc2)cc1C. The second-order valence-corrected chi connectivity index (χ2v) is 8.78. The van der Waals surface area contributed by atoms with E-state index >= 15 is 0 Å². The van der Waals surface area contributed by atoms with Crippen LogP contribution < -0.4 is 14.8 Å². The van der Waals surface area contributed by atoms with Crippen LogP contribution in [0.3, 0.4) is 0 Å². The lowest BCUT2D eigenvalue weighted by Gasteiger charge is -2.12. The van der Waals surface area contributed by atoms with Crippen molar-refractivity contribution in [1.82, 2.24) is 5.32 Å². The molecule has 3 aromatic carbocycles. The molecule has 0 radical (unpaired) electrons. The first-order valence-corrected chi connectivity index (χ1v) is 11.1. The lowest BCUT2D eigenvalue weighted by molar-refractivity contribution is -0.0504. The average molecular weight is 461 g/mol. The molecule has 3 rings (SSSR count). The second-order valence-electron chi connectivity index (χ2n) is 7.10. The number of aryl methyl sites for hydroxylation is 2. The van der Waals surface area contributed by atoms with Crippen LogP contribution in [0.15, 0.2) is 71.6 Å². The highest BCUT2D eigenvalue weighted by atomic mass is 32.2. The van der Waals surface area contributed by atoms with Gasteiger partial charge in [-0.05, 0) is 67.4 Å². The van der Waals surface area contributed by atoms with Crippen LogP contribution in [-0.2, 0) is 16.6 Å². The minimum Gasteiger partial charge on any atom is -0.434 e. The Kier molecular flexibility index (Phi) is 7.09. The molecule has 1 amide bonds. The van der Waals surface area contributed by atoms with Crippen molar-refractivity contribution in [3.05, 3.63) is 89.0 Å². The number of carbonyl (C=O) groups excluding carboxylic acids is 1. The molecule has 9 heteroatoms. The number of amides is 1. The summed E-state index contributed by atoms with van der Waals surface area (Å²) in [6.07, 6.45) is 0. The highest BCUT2D eigenvalue weighted by Gasteiger charge is 2.16. The quantitative estimate of drug-likeness (QED) is 0.513. The summed E-state index contributed by atoms with van der Waals surface area (Å²) in [5, 5.41) is 2.63. The third-order valence-electron chi connectivity index (χ3n) is 4.82. The fraction of sp³-hybridized carbons (Fsp3) is 0.174. The van der Waals surface area contributed by atoms with E-state index in [1.54, 1.807) is 30.3 Å². The number of nitrogens with one attached hydrogen (secondary N) is 2. The third kappa shape index (κ3) is 5.82. The van der Waals surface area contributed by atoms with E-state index in [0.29, 0.717) is 11.3 Å². The Hall–Kier alpha value is -3.46. The fourth-order valence-electron chi connectivity index (χ4n) is 2.92. The Morgan fingerprint density at radius 3 is 2.31 bits per heavy atom. The van der Waals surface area contributed by atoms with E-state index in [2.05, 4.69) is 14.8 Å². The maximum absolute atomic E-state index is 12.6. The van der Waals surface area contributed by atoms with Gasteiger partial charge in [-0.3, -0.25) is 9.52 Å². The van der Waals surface area contributed by atoms with Gasteiger partial charge in [0.15, 0.2) is 0 Å². The maximum atomic E-state index is 12.6. The van der Waals surface area contributed by atoms with Gasteiger partial charge in [0.2, 0.25) is 0 Å². The largest absolute Gasteiger partial charge is 0.434 e. The molecule has 3 aromatic rings. The minimum atomic E-state index is -3.77. The number of para-hydroxylation sites is 1. The van der Waals surface area contributed by atoms with Crippen molar-refractivity contribution in [2.45, 2.75) is 31.9 Å². The van der Waals surface area contributed by atoms with E-state index < -0.39 is 22.5 Å². The number of hydrogen-bond donors (Lipinski definition) is 2. The highest BCUT2D eigenvalue weighted by Crippen LogP contribution is 2.21. The van der Waals surface area contributed by atoms with Crippen molar-refractivity contribution < 1.29 is 26.7 Å². The summed E-state index contributed by atoms with van der Waals surface area (Å²) in [6.45, 7) is 0.753. The molecule has 0 aliphatic rings. The van der Waals surface area contributed by atoms with E-state index in [-0.39, 0.29) is 22.8 Å². The molecule has 0 bridgehead atoms. The molecular weight excluding hydrogens is 438 g/mol. The molecule has 6 nitrogen and oxygen atoms in total. The third-order valence-corrected chi connectivity index (χ3v) is 6.20. The lowest BCUT2D eigenvalue weighted by atomic mass is 10.1. The molecule has 0 aromatic heterocycles. The van der Waals surface area contributed by atoms with Crippen LogP contribution in [0.25, 0.3) is 0 Å². The molecule has 0 aliphatic heterocycles. The zero-order chi connectivity index (χ0) is 23.3. The summed E-state index contributed by atoms with van der Waals surface area (Å²) in [4.78, 5) is 12.5. The smallest absolute Gasteiger partial charge is 0.387 e. The van der Waals surface area contributed by atoms with Gasteiger partial charge in [-0.1, -0.05) is 24.3 Å². The monoisotopic (exact) mass is 460 g/mol. The predicted octanol–water partition coefficient (Wildman–Crippen LogP) is 4.64. The first-order valence-electron chi connectivity index (χ1n) is 9.67. The maximum Gasteiger partial charge on any atom is 0.387 e. The summed E-state index contributed by atoms with van der Waals surface area (Å²) >= 11 is 0.